The molecule has 0 saturated heterocycles. The summed E-state index contributed by atoms with van der Waals surface area (Å²) >= 11 is 2.82. The maximum absolute atomic E-state index is 11.2. The molecular formula is C18H18N4O3S2. The highest BCUT2D eigenvalue weighted by atomic mass is 32.1. The second-order valence-electron chi connectivity index (χ2n) is 5.96. The van der Waals surface area contributed by atoms with Gasteiger partial charge in [-0.2, -0.15) is 0 Å². The van der Waals surface area contributed by atoms with Crippen molar-refractivity contribution in [1.82, 2.24) is 9.97 Å². The molecule has 1 unspecified atom stereocenters. The second-order valence-corrected chi connectivity index (χ2v) is 7.82. The summed E-state index contributed by atoms with van der Waals surface area (Å²) in [5.74, 6) is -1.60. The Kier molecular flexibility index (Phi) is 5.52. The number of aryl methyl sites for hydroxylation is 1. The molecule has 0 spiro atoms. The number of hydrogen-bond donors (Lipinski definition) is 3. The van der Waals surface area contributed by atoms with E-state index in [4.69, 9.17) is 5.11 Å². The number of benzene rings is 1. The van der Waals surface area contributed by atoms with E-state index in [0.717, 1.165) is 27.5 Å². The molecule has 3 N–H and O–H groups in total. The van der Waals surface area contributed by atoms with Crippen LogP contribution in [0.15, 0.2) is 29.6 Å². The predicted molar refractivity (Wildman–Crippen MR) is 108 cm³/mol. The number of hydrogen-bond acceptors (Lipinski definition) is 7. The van der Waals surface area contributed by atoms with Gasteiger partial charge in [0.2, 0.25) is 5.91 Å². The lowest BCUT2D eigenvalue weighted by Crippen LogP contribution is -2.07. The van der Waals surface area contributed by atoms with Crippen molar-refractivity contribution in [2.24, 2.45) is 0 Å². The number of nitrogens with zero attached hydrogens (tertiary/aromatic N) is 2. The van der Waals surface area contributed by atoms with Crippen molar-refractivity contribution in [2.45, 2.75) is 26.7 Å². The molecule has 7 nitrogen and oxygen atoms in total. The van der Waals surface area contributed by atoms with E-state index in [9.17, 15) is 9.59 Å². The number of carbonyl (C=O) groups is 2. The molecule has 0 radical (unpaired) electrons. The summed E-state index contributed by atoms with van der Waals surface area (Å²) in [7, 11) is 0. The Bertz CT molecular complexity index is 996. The number of aliphatic carboxylic acids is 1. The quantitative estimate of drug-likeness (QED) is 0.562. The zero-order valence-corrected chi connectivity index (χ0v) is 16.6. The maximum Gasteiger partial charge on any atom is 0.310 e. The largest absolute Gasteiger partial charge is 0.481 e. The predicted octanol–water partition coefficient (Wildman–Crippen LogP) is 4.47. The standard InChI is InChI=1S/C18H18N4O3S2/c1-9(16(24)25)12-5-4-6-13(7-12)21-17-22-14(8-26-17)15-10(2)19-18(27-15)20-11(3)23/h4-9H,1-3H3,(H,21,22)(H,24,25)(H,19,20,23). The Balaban J connectivity index is 1.79. The molecule has 3 rings (SSSR count). The van der Waals surface area contributed by atoms with Crippen LogP contribution < -0.4 is 10.6 Å². The van der Waals surface area contributed by atoms with E-state index in [1.165, 1.54) is 29.6 Å². The second kappa shape index (κ2) is 7.85. The minimum absolute atomic E-state index is 0.161. The number of nitrogens with one attached hydrogen (secondary N) is 2. The van der Waals surface area contributed by atoms with Crippen molar-refractivity contribution in [2.75, 3.05) is 10.6 Å². The summed E-state index contributed by atoms with van der Waals surface area (Å²) < 4.78 is 0. The third kappa shape index (κ3) is 4.50. The highest BCUT2D eigenvalue weighted by Gasteiger charge is 2.16. The summed E-state index contributed by atoms with van der Waals surface area (Å²) in [6.45, 7) is 4.98. The zero-order valence-electron chi connectivity index (χ0n) is 14.9. The monoisotopic (exact) mass is 402 g/mol. The van der Waals surface area contributed by atoms with Crippen molar-refractivity contribution in [3.63, 3.8) is 0 Å². The van der Waals surface area contributed by atoms with Gasteiger partial charge in [0.15, 0.2) is 10.3 Å². The van der Waals surface area contributed by atoms with E-state index in [0.29, 0.717) is 10.3 Å². The molecule has 0 bridgehead atoms. The van der Waals surface area contributed by atoms with Gasteiger partial charge in [0.05, 0.1) is 22.2 Å². The smallest absolute Gasteiger partial charge is 0.310 e. The molecule has 1 amide bonds. The van der Waals surface area contributed by atoms with Crippen molar-refractivity contribution in [1.29, 1.82) is 0 Å². The van der Waals surface area contributed by atoms with Crippen molar-refractivity contribution >= 4 is 50.5 Å². The number of carboxylic acid groups (broad SMARTS) is 1. The van der Waals surface area contributed by atoms with E-state index in [1.54, 1.807) is 13.0 Å². The molecule has 1 aromatic carbocycles. The van der Waals surface area contributed by atoms with Gasteiger partial charge in [0.25, 0.3) is 0 Å². The maximum atomic E-state index is 11.2. The molecule has 2 heterocycles. The average molecular weight is 403 g/mol. The number of anilines is 3. The molecule has 0 aliphatic rings. The highest BCUT2D eigenvalue weighted by Crippen LogP contribution is 2.35. The van der Waals surface area contributed by atoms with E-state index in [-0.39, 0.29) is 5.91 Å². The first-order valence-electron chi connectivity index (χ1n) is 8.14. The van der Waals surface area contributed by atoms with Crippen LogP contribution in [0.3, 0.4) is 0 Å². The molecular weight excluding hydrogens is 384 g/mol. The molecule has 0 aliphatic heterocycles. The SMILES string of the molecule is CC(=O)Nc1nc(C)c(-c2csc(Nc3cccc(C(C)C(=O)O)c3)n2)s1. The van der Waals surface area contributed by atoms with Gasteiger partial charge in [-0.25, -0.2) is 9.97 Å². The van der Waals surface area contributed by atoms with Crippen LogP contribution >= 0.6 is 22.7 Å². The van der Waals surface area contributed by atoms with Crippen LogP contribution in [0.4, 0.5) is 16.0 Å². The van der Waals surface area contributed by atoms with Crippen LogP contribution in [-0.2, 0) is 9.59 Å². The van der Waals surface area contributed by atoms with Crippen molar-refractivity contribution in [3.05, 3.63) is 40.9 Å². The number of carboxylic acids is 1. The van der Waals surface area contributed by atoms with Crippen LogP contribution in [0.2, 0.25) is 0 Å². The normalized spacial score (nSPS) is 11.8. The Hall–Kier alpha value is -2.78. The number of thiazole rings is 2. The minimum Gasteiger partial charge on any atom is -0.481 e. The lowest BCUT2D eigenvalue weighted by molar-refractivity contribution is -0.138. The van der Waals surface area contributed by atoms with Crippen LogP contribution in [-0.4, -0.2) is 27.0 Å². The van der Waals surface area contributed by atoms with Crippen molar-refractivity contribution < 1.29 is 14.7 Å². The fourth-order valence-corrected chi connectivity index (χ4v) is 4.19. The molecule has 0 aliphatic carbocycles. The Labute approximate surface area is 164 Å². The van der Waals surface area contributed by atoms with Gasteiger partial charge in [-0.1, -0.05) is 23.5 Å². The summed E-state index contributed by atoms with van der Waals surface area (Å²) in [5.41, 5.74) is 3.09. The Morgan fingerprint density at radius 3 is 2.70 bits per heavy atom. The van der Waals surface area contributed by atoms with E-state index in [2.05, 4.69) is 20.6 Å². The molecule has 2 aromatic heterocycles. The van der Waals surface area contributed by atoms with Crippen LogP contribution in [0.25, 0.3) is 10.6 Å². The van der Waals surface area contributed by atoms with Crippen LogP contribution in [0, 0.1) is 6.92 Å². The first-order chi connectivity index (χ1) is 12.8. The topological polar surface area (TPSA) is 104 Å². The van der Waals surface area contributed by atoms with Gasteiger partial charge >= 0.3 is 5.97 Å². The number of carbonyl (C=O) groups excluding carboxylic acids is 1. The average Bonchev–Trinajstić information content (AvgIpc) is 3.20. The van der Waals surface area contributed by atoms with E-state index < -0.39 is 11.9 Å². The number of aromatic nitrogens is 2. The van der Waals surface area contributed by atoms with Crippen LogP contribution in [0.5, 0.6) is 0 Å². The first kappa shape index (κ1) is 19.0. The molecule has 1 atom stereocenters. The molecule has 140 valence electrons. The highest BCUT2D eigenvalue weighted by molar-refractivity contribution is 7.20. The summed E-state index contributed by atoms with van der Waals surface area (Å²) in [6.07, 6.45) is 0. The fourth-order valence-electron chi connectivity index (χ4n) is 2.43. The first-order valence-corrected chi connectivity index (χ1v) is 9.84. The molecule has 27 heavy (non-hydrogen) atoms. The van der Waals surface area contributed by atoms with Gasteiger partial charge in [0, 0.05) is 18.0 Å². The number of rotatable bonds is 6. The third-order valence-electron chi connectivity index (χ3n) is 3.82. The Morgan fingerprint density at radius 2 is 2.00 bits per heavy atom. The third-order valence-corrected chi connectivity index (χ3v) is 5.68. The Morgan fingerprint density at radius 1 is 1.22 bits per heavy atom. The van der Waals surface area contributed by atoms with Gasteiger partial charge in [-0.3, -0.25) is 9.59 Å². The van der Waals surface area contributed by atoms with Gasteiger partial charge in [-0.05, 0) is 31.5 Å². The molecule has 3 aromatic rings. The molecule has 0 fully saturated rings. The van der Waals surface area contributed by atoms with Crippen LogP contribution in [0.1, 0.15) is 31.0 Å². The van der Waals surface area contributed by atoms with Gasteiger partial charge in [0.1, 0.15) is 0 Å². The number of amides is 1. The lowest BCUT2D eigenvalue weighted by atomic mass is 10.0. The fraction of sp³-hybridized carbons (Fsp3) is 0.222. The van der Waals surface area contributed by atoms with Crippen molar-refractivity contribution in [3.8, 4) is 10.6 Å². The summed E-state index contributed by atoms with van der Waals surface area (Å²) in [6, 6.07) is 7.29. The van der Waals surface area contributed by atoms with E-state index in [1.807, 2.05) is 30.5 Å². The van der Waals surface area contributed by atoms with Gasteiger partial charge in [-0.15, -0.1) is 11.3 Å². The molecule has 9 heteroatoms. The van der Waals surface area contributed by atoms with Gasteiger partial charge < -0.3 is 15.7 Å². The molecule has 0 saturated carbocycles. The summed E-state index contributed by atoms with van der Waals surface area (Å²) in [5, 5.41) is 18.2. The summed E-state index contributed by atoms with van der Waals surface area (Å²) in [4.78, 5) is 32.2. The minimum atomic E-state index is -0.862. The lowest BCUT2D eigenvalue weighted by Gasteiger charge is -2.09. The van der Waals surface area contributed by atoms with E-state index >= 15 is 0 Å². The zero-order chi connectivity index (χ0) is 19.6.